The van der Waals surface area contributed by atoms with E-state index in [1.807, 2.05) is 0 Å². The van der Waals surface area contributed by atoms with Gasteiger partial charge in [0.25, 0.3) is 0 Å². The minimum absolute atomic E-state index is 0.185. The molecule has 0 radical (unpaired) electrons. The molecule has 0 spiro atoms. The maximum atomic E-state index is 13.2. The molecule has 0 aromatic heterocycles. The Bertz CT molecular complexity index is 340. The van der Waals surface area contributed by atoms with E-state index in [4.69, 9.17) is 11.6 Å². The van der Waals surface area contributed by atoms with Gasteiger partial charge in [-0.05, 0) is 30.5 Å². The van der Waals surface area contributed by atoms with E-state index < -0.39 is 0 Å². The van der Waals surface area contributed by atoms with E-state index >= 15 is 0 Å². The SMILES string of the molecule is CC1CC1NCc1cc(Cl)ccc1F. The minimum Gasteiger partial charge on any atom is -0.310 e. The van der Waals surface area contributed by atoms with Gasteiger partial charge in [0.15, 0.2) is 0 Å². The Morgan fingerprint density at radius 3 is 2.93 bits per heavy atom. The molecule has 2 atom stereocenters. The highest BCUT2D eigenvalue weighted by atomic mass is 35.5. The molecule has 3 heteroatoms. The normalized spacial score (nSPS) is 25.1. The number of nitrogens with one attached hydrogen (secondary N) is 1. The first kappa shape index (κ1) is 9.94. The maximum absolute atomic E-state index is 13.2. The maximum Gasteiger partial charge on any atom is 0.127 e. The van der Waals surface area contributed by atoms with Crippen molar-refractivity contribution in [3.05, 3.63) is 34.6 Å². The Morgan fingerprint density at radius 2 is 2.29 bits per heavy atom. The Kier molecular flexibility index (Phi) is 2.75. The van der Waals surface area contributed by atoms with Crippen molar-refractivity contribution in [1.29, 1.82) is 0 Å². The summed E-state index contributed by atoms with van der Waals surface area (Å²) in [6.45, 7) is 2.76. The van der Waals surface area contributed by atoms with Crippen molar-refractivity contribution in [1.82, 2.24) is 5.32 Å². The molecule has 0 saturated heterocycles. The third-order valence-electron chi connectivity index (χ3n) is 2.67. The zero-order chi connectivity index (χ0) is 10.1. The first-order valence-electron chi connectivity index (χ1n) is 4.84. The molecule has 76 valence electrons. The molecule has 1 aliphatic rings. The molecule has 1 fully saturated rings. The first-order valence-corrected chi connectivity index (χ1v) is 5.22. The van der Waals surface area contributed by atoms with Gasteiger partial charge in [-0.1, -0.05) is 18.5 Å². The third-order valence-corrected chi connectivity index (χ3v) is 2.91. The molecule has 2 rings (SSSR count). The molecule has 0 amide bonds. The van der Waals surface area contributed by atoms with Crippen LogP contribution in [-0.2, 0) is 6.54 Å². The summed E-state index contributed by atoms with van der Waals surface area (Å²) in [5, 5.41) is 3.88. The Balaban J connectivity index is 1.97. The van der Waals surface area contributed by atoms with Crippen molar-refractivity contribution in [3.63, 3.8) is 0 Å². The molecule has 0 aliphatic heterocycles. The van der Waals surface area contributed by atoms with Crippen LogP contribution in [0.3, 0.4) is 0 Å². The predicted octanol–water partition coefficient (Wildman–Crippen LogP) is 2.98. The van der Waals surface area contributed by atoms with Crippen LogP contribution in [0.5, 0.6) is 0 Å². The number of benzene rings is 1. The fraction of sp³-hybridized carbons (Fsp3) is 0.455. The van der Waals surface area contributed by atoms with Crippen molar-refractivity contribution in [2.24, 2.45) is 5.92 Å². The van der Waals surface area contributed by atoms with Crippen LogP contribution >= 0.6 is 11.6 Å². The van der Waals surface area contributed by atoms with Crippen LogP contribution in [0.1, 0.15) is 18.9 Å². The lowest BCUT2D eigenvalue weighted by Crippen LogP contribution is -2.17. The van der Waals surface area contributed by atoms with E-state index in [1.54, 1.807) is 12.1 Å². The monoisotopic (exact) mass is 213 g/mol. The topological polar surface area (TPSA) is 12.0 Å². The van der Waals surface area contributed by atoms with E-state index in [1.165, 1.54) is 12.5 Å². The van der Waals surface area contributed by atoms with Gasteiger partial charge in [-0.3, -0.25) is 0 Å². The molecule has 1 N–H and O–H groups in total. The second-order valence-electron chi connectivity index (χ2n) is 3.94. The molecule has 0 bridgehead atoms. The Hall–Kier alpha value is -0.600. The van der Waals surface area contributed by atoms with Gasteiger partial charge in [0.1, 0.15) is 5.82 Å². The summed E-state index contributed by atoms with van der Waals surface area (Å²) in [5.74, 6) is 0.549. The van der Waals surface area contributed by atoms with Gasteiger partial charge < -0.3 is 5.32 Å². The van der Waals surface area contributed by atoms with Crippen LogP contribution in [0.4, 0.5) is 4.39 Å². The number of hydrogen-bond acceptors (Lipinski definition) is 1. The fourth-order valence-electron chi connectivity index (χ4n) is 1.53. The molecule has 1 aliphatic carbocycles. The van der Waals surface area contributed by atoms with Gasteiger partial charge in [0.05, 0.1) is 0 Å². The lowest BCUT2D eigenvalue weighted by Gasteiger charge is -2.05. The van der Waals surface area contributed by atoms with Gasteiger partial charge in [0.2, 0.25) is 0 Å². The summed E-state index contributed by atoms with van der Waals surface area (Å²) in [6.07, 6.45) is 1.20. The van der Waals surface area contributed by atoms with Crippen molar-refractivity contribution >= 4 is 11.6 Å². The van der Waals surface area contributed by atoms with Gasteiger partial charge in [-0.25, -0.2) is 4.39 Å². The lowest BCUT2D eigenvalue weighted by atomic mass is 10.2. The Morgan fingerprint density at radius 1 is 1.57 bits per heavy atom. The summed E-state index contributed by atoms with van der Waals surface area (Å²) in [5.41, 5.74) is 0.650. The third kappa shape index (κ3) is 2.25. The lowest BCUT2D eigenvalue weighted by molar-refractivity contribution is 0.580. The second kappa shape index (κ2) is 3.87. The van der Waals surface area contributed by atoms with Crippen molar-refractivity contribution in [2.75, 3.05) is 0 Å². The quantitative estimate of drug-likeness (QED) is 0.814. The molecule has 1 nitrogen and oxygen atoms in total. The number of halogens is 2. The highest BCUT2D eigenvalue weighted by Gasteiger charge is 2.31. The highest BCUT2D eigenvalue weighted by molar-refractivity contribution is 6.30. The summed E-state index contributed by atoms with van der Waals surface area (Å²) in [7, 11) is 0. The molecule has 1 aromatic carbocycles. The van der Waals surface area contributed by atoms with Crippen molar-refractivity contribution in [3.8, 4) is 0 Å². The average Bonchev–Trinajstić information content (AvgIpc) is 2.84. The van der Waals surface area contributed by atoms with E-state index in [0.29, 0.717) is 23.2 Å². The van der Waals surface area contributed by atoms with E-state index in [0.717, 1.165) is 5.92 Å². The van der Waals surface area contributed by atoms with Crippen LogP contribution in [0.2, 0.25) is 5.02 Å². The van der Waals surface area contributed by atoms with Crippen LogP contribution in [0, 0.1) is 11.7 Å². The molecular formula is C11H13ClFN. The minimum atomic E-state index is -0.185. The molecule has 2 unspecified atom stereocenters. The summed E-state index contributed by atoms with van der Waals surface area (Å²) < 4.78 is 13.2. The van der Waals surface area contributed by atoms with E-state index in [-0.39, 0.29) is 5.82 Å². The van der Waals surface area contributed by atoms with Crippen LogP contribution in [0.15, 0.2) is 18.2 Å². The van der Waals surface area contributed by atoms with Crippen molar-refractivity contribution in [2.45, 2.75) is 25.9 Å². The van der Waals surface area contributed by atoms with E-state index in [2.05, 4.69) is 12.2 Å². The van der Waals surface area contributed by atoms with Gasteiger partial charge in [0, 0.05) is 23.2 Å². The van der Waals surface area contributed by atoms with Crippen LogP contribution < -0.4 is 5.32 Å². The van der Waals surface area contributed by atoms with Gasteiger partial charge >= 0.3 is 0 Å². The number of rotatable bonds is 3. The standard InChI is InChI=1S/C11H13ClFN/c1-7-4-11(7)14-6-8-5-9(12)2-3-10(8)13/h2-3,5,7,11,14H,4,6H2,1H3. The number of hydrogen-bond donors (Lipinski definition) is 1. The van der Waals surface area contributed by atoms with E-state index in [9.17, 15) is 4.39 Å². The summed E-state index contributed by atoms with van der Waals surface area (Å²) in [4.78, 5) is 0. The van der Waals surface area contributed by atoms with Crippen molar-refractivity contribution < 1.29 is 4.39 Å². The molecule has 1 saturated carbocycles. The molecule has 14 heavy (non-hydrogen) atoms. The largest absolute Gasteiger partial charge is 0.310 e. The summed E-state index contributed by atoms with van der Waals surface area (Å²) in [6, 6.07) is 5.22. The molecule has 0 heterocycles. The summed E-state index contributed by atoms with van der Waals surface area (Å²) >= 11 is 5.78. The zero-order valence-electron chi connectivity index (χ0n) is 8.06. The molecule has 1 aromatic rings. The smallest absolute Gasteiger partial charge is 0.127 e. The second-order valence-corrected chi connectivity index (χ2v) is 4.37. The van der Waals surface area contributed by atoms with Gasteiger partial charge in [-0.2, -0.15) is 0 Å². The van der Waals surface area contributed by atoms with Crippen LogP contribution in [0.25, 0.3) is 0 Å². The highest BCUT2D eigenvalue weighted by Crippen LogP contribution is 2.29. The van der Waals surface area contributed by atoms with Crippen LogP contribution in [-0.4, -0.2) is 6.04 Å². The first-order chi connectivity index (χ1) is 6.66. The fourth-order valence-corrected chi connectivity index (χ4v) is 1.72. The molecular weight excluding hydrogens is 201 g/mol. The zero-order valence-corrected chi connectivity index (χ0v) is 8.81. The Labute approximate surface area is 88.3 Å². The average molecular weight is 214 g/mol. The van der Waals surface area contributed by atoms with Gasteiger partial charge in [-0.15, -0.1) is 0 Å². The predicted molar refractivity (Wildman–Crippen MR) is 55.8 cm³/mol.